The zero-order valence-corrected chi connectivity index (χ0v) is 14.2. The van der Waals surface area contributed by atoms with Gasteiger partial charge < -0.3 is 4.84 Å². The highest BCUT2D eigenvalue weighted by Gasteiger charge is 2.46. The van der Waals surface area contributed by atoms with Gasteiger partial charge in [-0.15, -0.1) is 0 Å². The number of rotatable bonds is 6. The van der Waals surface area contributed by atoms with E-state index in [0.29, 0.717) is 0 Å². The van der Waals surface area contributed by atoms with Gasteiger partial charge in [0.2, 0.25) is 0 Å². The summed E-state index contributed by atoms with van der Waals surface area (Å²) in [4.78, 5) is 5.02. The number of hydrogen-bond donors (Lipinski definition) is 1. The van der Waals surface area contributed by atoms with Crippen LogP contribution in [0.1, 0.15) is 18.1 Å². The Kier molecular flexibility index (Phi) is 5.86. The van der Waals surface area contributed by atoms with E-state index in [1.54, 1.807) is 6.07 Å². The summed E-state index contributed by atoms with van der Waals surface area (Å²) in [6.07, 6.45) is 0. The number of alkyl halides is 3. The van der Waals surface area contributed by atoms with Gasteiger partial charge in [-0.2, -0.15) is 21.6 Å². The van der Waals surface area contributed by atoms with Crippen LogP contribution in [0.15, 0.2) is 53.7 Å². The van der Waals surface area contributed by atoms with Crippen molar-refractivity contribution >= 4 is 21.4 Å². The van der Waals surface area contributed by atoms with E-state index in [0.717, 1.165) is 6.07 Å². The van der Waals surface area contributed by atoms with Gasteiger partial charge in [0.15, 0.2) is 0 Å². The van der Waals surface area contributed by atoms with Crippen LogP contribution in [0.2, 0.25) is 0 Å². The van der Waals surface area contributed by atoms with Crippen molar-refractivity contribution in [3.63, 3.8) is 0 Å². The maximum atomic E-state index is 13.5. The Morgan fingerprint density at radius 3 is 2.38 bits per heavy atom. The molecule has 0 aromatic heterocycles. The zero-order chi connectivity index (χ0) is 19.4. The molecule has 0 saturated heterocycles. The van der Waals surface area contributed by atoms with E-state index in [-0.39, 0.29) is 29.1 Å². The molecule has 2 aromatic carbocycles. The second-order valence-electron chi connectivity index (χ2n) is 5.14. The Balaban J connectivity index is 2.19. The van der Waals surface area contributed by atoms with Crippen molar-refractivity contribution in [3.05, 3.63) is 65.5 Å². The van der Waals surface area contributed by atoms with Gasteiger partial charge in [0.05, 0.1) is 11.4 Å². The second-order valence-corrected chi connectivity index (χ2v) is 6.81. The zero-order valence-electron chi connectivity index (χ0n) is 13.4. The third kappa shape index (κ3) is 4.72. The van der Waals surface area contributed by atoms with Crippen LogP contribution >= 0.6 is 0 Å². The standard InChI is InChI=1S/C16H14F4N2O3S/c1-11(21-25-10-12-6-2-4-8-14(12)17)13-7-3-5-9-15(13)22-26(23,24)16(18,19)20/h2-9,22H,10H2,1H3. The van der Waals surface area contributed by atoms with Crippen LogP contribution in [-0.2, 0) is 21.5 Å². The van der Waals surface area contributed by atoms with Crippen LogP contribution in [0, 0.1) is 5.82 Å². The molecular weight excluding hydrogens is 376 g/mol. The maximum absolute atomic E-state index is 13.5. The number of sulfonamides is 1. The Morgan fingerprint density at radius 2 is 1.73 bits per heavy atom. The fourth-order valence-corrected chi connectivity index (χ4v) is 2.54. The van der Waals surface area contributed by atoms with Gasteiger partial charge in [0.1, 0.15) is 12.4 Å². The molecule has 0 saturated carbocycles. The molecule has 0 aliphatic carbocycles. The molecule has 0 heterocycles. The number of hydrogen-bond acceptors (Lipinski definition) is 4. The first-order valence-corrected chi connectivity index (χ1v) is 8.68. The van der Waals surface area contributed by atoms with E-state index in [4.69, 9.17) is 4.84 Å². The highest BCUT2D eigenvalue weighted by Crippen LogP contribution is 2.27. The predicted octanol–water partition coefficient (Wildman–Crippen LogP) is 4.03. The van der Waals surface area contributed by atoms with Gasteiger partial charge in [-0.25, -0.2) is 4.39 Å². The first-order valence-electron chi connectivity index (χ1n) is 7.20. The highest BCUT2D eigenvalue weighted by molar-refractivity contribution is 7.93. The average Bonchev–Trinajstić information content (AvgIpc) is 2.55. The lowest BCUT2D eigenvalue weighted by Crippen LogP contribution is -2.30. The van der Waals surface area contributed by atoms with Crippen molar-refractivity contribution in [2.45, 2.75) is 19.0 Å². The molecule has 0 fully saturated rings. The molecule has 0 spiro atoms. The van der Waals surface area contributed by atoms with Crippen LogP contribution in [0.25, 0.3) is 0 Å². The number of benzene rings is 2. The van der Waals surface area contributed by atoms with Crippen molar-refractivity contribution in [1.82, 2.24) is 0 Å². The number of nitrogens with one attached hydrogen (secondary N) is 1. The summed E-state index contributed by atoms with van der Waals surface area (Å²) >= 11 is 0. The summed E-state index contributed by atoms with van der Waals surface area (Å²) in [5.74, 6) is -0.487. The molecule has 0 aliphatic heterocycles. The summed E-state index contributed by atoms with van der Waals surface area (Å²) in [6, 6.07) is 11.3. The summed E-state index contributed by atoms with van der Waals surface area (Å²) in [5, 5.41) is 3.72. The molecule has 0 bridgehead atoms. The Labute approximate surface area is 147 Å². The Bertz CT molecular complexity index is 912. The predicted molar refractivity (Wildman–Crippen MR) is 88.4 cm³/mol. The summed E-state index contributed by atoms with van der Waals surface area (Å²) in [6.45, 7) is 1.22. The van der Waals surface area contributed by atoms with E-state index in [1.807, 2.05) is 0 Å². The third-order valence-electron chi connectivity index (χ3n) is 3.25. The molecule has 1 N–H and O–H groups in total. The van der Waals surface area contributed by atoms with Crippen molar-refractivity contribution in [2.24, 2.45) is 5.16 Å². The van der Waals surface area contributed by atoms with E-state index in [1.165, 1.54) is 48.0 Å². The molecule has 2 rings (SSSR count). The number of anilines is 1. The molecule has 0 atom stereocenters. The van der Waals surface area contributed by atoms with Gasteiger partial charge in [-0.3, -0.25) is 4.72 Å². The molecule has 10 heteroatoms. The lowest BCUT2D eigenvalue weighted by Gasteiger charge is -2.13. The van der Waals surface area contributed by atoms with E-state index < -0.39 is 21.3 Å². The number of oxime groups is 1. The summed E-state index contributed by atoms with van der Waals surface area (Å²) < 4.78 is 75.1. The van der Waals surface area contributed by atoms with Crippen LogP contribution in [0.4, 0.5) is 23.2 Å². The van der Waals surface area contributed by atoms with Gasteiger partial charge in [-0.05, 0) is 19.1 Å². The normalized spacial score (nSPS) is 12.7. The van der Waals surface area contributed by atoms with Gasteiger partial charge in [-0.1, -0.05) is 41.6 Å². The molecule has 140 valence electrons. The molecule has 26 heavy (non-hydrogen) atoms. The molecule has 5 nitrogen and oxygen atoms in total. The number of para-hydroxylation sites is 1. The molecule has 0 aliphatic rings. The highest BCUT2D eigenvalue weighted by atomic mass is 32.2. The van der Waals surface area contributed by atoms with Crippen LogP contribution < -0.4 is 4.72 Å². The monoisotopic (exact) mass is 390 g/mol. The third-order valence-corrected chi connectivity index (χ3v) is 4.34. The number of nitrogens with zero attached hydrogens (tertiary/aromatic N) is 1. The van der Waals surface area contributed by atoms with Crippen LogP contribution in [0.5, 0.6) is 0 Å². The first kappa shape index (κ1) is 19.7. The van der Waals surface area contributed by atoms with Gasteiger partial charge >= 0.3 is 15.5 Å². The first-order chi connectivity index (χ1) is 12.1. The Morgan fingerprint density at radius 1 is 1.12 bits per heavy atom. The SMILES string of the molecule is CC(=NOCc1ccccc1F)c1ccccc1NS(=O)(=O)C(F)(F)F. The average molecular weight is 390 g/mol. The largest absolute Gasteiger partial charge is 0.516 e. The molecule has 2 aromatic rings. The van der Waals surface area contributed by atoms with E-state index in [2.05, 4.69) is 5.16 Å². The minimum atomic E-state index is -5.57. The minimum Gasteiger partial charge on any atom is -0.391 e. The Hall–Kier alpha value is -2.62. The van der Waals surface area contributed by atoms with E-state index >= 15 is 0 Å². The van der Waals surface area contributed by atoms with Crippen molar-refractivity contribution < 1.29 is 30.8 Å². The second kappa shape index (κ2) is 7.73. The van der Waals surface area contributed by atoms with Crippen molar-refractivity contribution in [1.29, 1.82) is 0 Å². The topological polar surface area (TPSA) is 67.8 Å². The summed E-state index contributed by atoms with van der Waals surface area (Å²) in [7, 11) is -5.57. The molecular formula is C16H14F4N2O3S. The lowest BCUT2D eigenvalue weighted by molar-refractivity contribution is -0.0429. The molecule has 0 radical (unpaired) electrons. The van der Waals surface area contributed by atoms with Crippen molar-refractivity contribution in [3.8, 4) is 0 Å². The summed E-state index contributed by atoms with van der Waals surface area (Å²) in [5.41, 5.74) is -5.31. The maximum Gasteiger partial charge on any atom is 0.516 e. The smallest absolute Gasteiger partial charge is 0.391 e. The van der Waals surface area contributed by atoms with Crippen LogP contribution in [-0.4, -0.2) is 19.6 Å². The fourth-order valence-electron chi connectivity index (χ4n) is 1.95. The van der Waals surface area contributed by atoms with Crippen molar-refractivity contribution in [2.75, 3.05) is 4.72 Å². The molecule has 0 unspecified atom stereocenters. The quantitative estimate of drug-likeness (QED) is 0.460. The number of halogens is 4. The van der Waals surface area contributed by atoms with E-state index in [9.17, 15) is 26.0 Å². The van der Waals surface area contributed by atoms with Gasteiger partial charge in [0.25, 0.3) is 0 Å². The van der Waals surface area contributed by atoms with Gasteiger partial charge in [0, 0.05) is 11.1 Å². The van der Waals surface area contributed by atoms with Crippen LogP contribution in [0.3, 0.4) is 0 Å². The fraction of sp³-hybridized carbons (Fsp3) is 0.188. The lowest BCUT2D eigenvalue weighted by atomic mass is 10.1. The minimum absolute atomic E-state index is 0.0915. The molecule has 0 amide bonds.